The van der Waals surface area contributed by atoms with Crippen LogP contribution in [0.2, 0.25) is 0 Å². The Kier molecular flexibility index (Phi) is 6.08. The minimum Gasteiger partial charge on any atom is -0.497 e. The SMILES string of the molecule is COc1ccc(N2CCN(C(=O)Nc3cc(-c4ccccc4)sc3C(=O)O)CC2)cc1. The lowest BCUT2D eigenvalue weighted by Crippen LogP contribution is -2.50. The highest BCUT2D eigenvalue weighted by Gasteiger charge is 2.24. The Labute approximate surface area is 184 Å². The Morgan fingerprint density at radius 3 is 2.29 bits per heavy atom. The van der Waals surface area contributed by atoms with Crippen molar-refractivity contribution in [3.8, 4) is 16.2 Å². The van der Waals surface area contributed by atoms with Crippen molar-refractivity contribution < 1.29 is 19.4 Å². The number of hydrogen-bond acceptors (Lipinski definition) is 5. The topological polar surface area (TPSA) is 82.1 Å². The number of amides is 2. The van der Waals surface area contributed by atoms with Gasteiger partial charge in [-0.1, -0.05) is 30.3 Å². The smallest absolute Gasteiger partial charge is 0.348 e. The van der Waals surface area contributed by atoms with Crippen molar-refractivity contribution in [2.24, 2.45) is 0 Å². The molecule has 1 aliphatic rings. The van der Waals surface area contributed by atoms with Gasteiger partial charge in [-0.05, 0) is 35.9 Å². The number of hydrogen-bond donors (Lipinski definition) is 2. The van der Waals surface area contributed by atoms with Crippen molar-refractivity contribution in [2.45, 2.75) is 0 Å². The van der Waals surface area contributed by atoms with E-state index in [2.05, 4.69) is 10.2 Å². The third-order valence-corrected chi connectivity index (χ3v) is 6.40. The highest BCUT2D eigenvalue weighted by molar-refractivity contribution is 7.18. The first-order valence-corrected chi connectivity index (χ1v) is 10.7. The molecule has 0 saturated carbocycles. The fraction of sp³-hybridized carbons (Fsp3) is 0.217. The van der Waals surface area contributed by atoms with Gasteiger partial charge in [0.05, 0.1) is 12.8 Å². The Morgan fingerprint density at radius 1 is 1.00 bits per heavy atom. The maximum atomic E-state index is 12.8. The molecule has 0 unspecified atom stereocenters. The first kappa shape index (κ1) is 20.7. The second kappa shape index (κ2) is 9.09. The third-order valence-electron chi connectivity index (χ3n) is 5.23. The molecule has 2 aromatic carbocycles. The lowest BCUT2D eigenvalue weighted by molar-refractivity contribution is 0.0703. The maximum Gasteiger partial charge on any atom is 0.348 e. The summed E-state index contributed by atoms with van der Waals surface area (Å²) < 4.78 is 5.20. The second-order valence-corrected chi connectivity index (χ2v) is 8.18. The number of ether oxygens (including phenoxy) is 1. The normalized spacial score (nSPS) is 13.7. The second-order valence-electron chi connectivity index (χ2n) is 7.13. The van der Waals surface area contributed by atoms with Crippen LogP contribution in [0.1, 0.15) is 9.67 Å². The van der Waals surface area contributed by atoms with Crippen LogP contribution in [0.3, 0.4) is 0 Å². The molecule has 31 heavy (non-hydrogen) atoms. The molecule has 0 atom stereocenters. The van der Waals surface area contributed by atoms with Crippen molar-refractivity contribution >= 4 is 34.7 Å². The standard InChI is InChI=1S/C23H23N3O4S/c1-30-18-9-7-17(8-10-18)25-11-13-26(14-12-25)23(29)24-19-15-20(31-21(19)22(27)28)16-5-3-2-4-6-16/h2-10,15H,11-14H2,1H3,(H,24,29)(H,27,28). The van der Waals surface area contributed by atoms with Crippen molar-refractivity contribution in [1.29, 1.82) is 0 Å². The molecule has 8 heteroatoms. The van der Waals surface area contributed by atoms with Crippen molar-refractivity contribution in [1.82, 2.24) is 4.90 Å². The predicted octanol–water partition coefficient (Wildman–Crippen LogP) is 4.48. The van der Waals surface area contributed by atoms with Crippen LogP contribution in [-0.4, -0.2) is 55.3 Å². The number of urea groups is 1. The number of methoxy groups -OCH3 is 1. The van der Waals surface area contributed by atoms with Crippen LogP contribution >= 0.6 is 11.3 Å². The summed E-state index contributed by atoms with van der Waals surface area (Å²) in [4.78, 5) is 29.4. The van der Waals surface area contributed by atoms with Gasteiger partial charge in [0.15, 0.2) is 0 Å². The summed E-state index contributed by atoms with van der Waals surface area (Å²) in [6, 6.07) is 18.8. The zero-order chi connectivity index (χ0) is 21.8. The lowest BCUT2D eigenvalue weighted by atomic mass is 10.2. The zero-order valence-electron chi connectivity index (χ0n) is 17.1. The summed E-state index contributed by atoms with van der Waals surface area (Å²) >= 11 is 1.16. The summed E-state index contributed by atoms with van der Waals surface area (Å²) in [5.74, 6) is -0.242. The zero-order valence-corrected chi connectivity index (χ0v) is 17.9. The number of carbonyl (C=O) groups excluding carboxylic acids is 1. The molecule has 1 aromatic heterocycles. The van der Waals surface area contributed by atoms with Gasteiger partial charge in [0.2, 0.25) is 0 Å². The molecule has 1 aliphatic heterocycles. The number of rotatable bonds is 5. The van der Waals surface area contributed by atoms with E-state index in [4.69, 9.17) is 4.74 Å². The molecule has 1 saturated heterocycles. The number of carboxylic acids is 1. The number of nitrogens with one attached hydrogen (secondary N) is 1. The highest BCUT2D eigenvalue weighted by Crippen LogP contribution is 2.35. The maximum absolute atomic E-state index is 12.8. The number of nitrogens with zero attached hydrogens (tertiary/aromatic N) is 2. The summed E-state index contributed by atoms with van der Waals surface area (Å²) in [5.41, 5.74) is 2.34. The lowest BCUT2D eigenvalue weighted by Gasteiger charge is -2.36. The number of carboxylic acid groups (broad SMARTS) is 1. The van der Waals surface area contributed by atoms with Crippen molar-refractivity contribution in [3.05, 3.63) is 65.5 Å². The van der Waals surface area contributed by atoms with Gasteiger partial charge in [-0.2, -0.15) is 0 Å². The van der Waals surface area contributed by atoms with E-state index in [1.54, 1.807) is 18.1 Å². The fourth-order valence-corrected chi connectivity index (χ4v) is 4.50. The van der Waals surface area contributed by atoms with Gasteiger partial charge in [-0.15, -0.1) is 11.3 Å². The number of anilines is 2. The quantitative estimate of drug-likeness (QED) is 0.615. The minimum absolute atomic E-state index is 0.129. The van der Waals surface area contributed by atoms with Crippen LogP contribution in [0.15, 0.2) is 60.7 Å². The molecule has 2 N–H and O–H groups in total. The van der Waals surface area contributed by atoms with Gasteiger partial charge in [-0.25, -0.2) is 9.59 Å². The molecule has 0 bridgehead atoms. The van der Waals surface area contributed by atoms with Crippen LogP contribution in [0, 0.1) is 0 Å². The van der Waals surface area contributed by atoms with Gasteiger partial charge >= 0.3 is 12.0 Å². The van der Waals surface area contributed by atoms with Crippen molar-refractivity contribution in [3.63, 3.8) is 0 Å². The van der Waals surface area contributed by atoms with Crippen molar-refractivity contribution in [2.75, 3.05) is 43.5 Å². The average molecular weight is 438 g/mol. The first-order chi connectivity index (χ1) is 15.0. The molecule has 160 valence electrons. The van der Waals surface area contributed by atoms with Gasteiger partial charge in [0, 0.05) is 36.7 Å². The summed E-state index contributed by atoms with van der Waals surface area (Å²) in [6.45, 7) is 2.50. The molecular formula is C23H23N3O4S. The molecule has 3 aromatic rings. The molecule has 0 radical (unpaired) electrons. The number of aromatic carboxylic acids is 1. The molecule has 0 spiro atoms. The van der Waals surface area contributed by atoms with E-state index in [0.29, 0.717) is 31.9 Å². The summed E-state index contributed by atoms with van der Waals surface area (Å²) in [7, 11) is 1.64. The Hall–Kier alpha value is -3.52. The summed E-state index contributed by atoms with van der Waals surface area (Å²) in [6.07, 6.45) is 0. The van der Waals surface area contributed by atoms with Gasteiger partial charge in [-0.3, -0.25) is 0 Å². The van der Waals surface area contributed by atoms with E-state index < -0.39 is 5.97 Å². The van der Waals surface area contributed by atoms with Crippen LogP contribution in [0.4, 0.5) is 16.2 Å². The number of benzene rings is 2. The Bertz CT molecular complexity index is 1060. The van der Waals surface area contributed by atoms with E-state index in [0.717, 1.165) is 33.2 Å². The van der Waals surface area contributed by atoms with E-state index in [1.165, 1.54) is 0 Å². The van der Waals surface area contributed by atoms with E-state index >= 15 is 0 Å². The Balaban J connectivity index is 1.42. The Morgan fingerprint density at radius 2 is 1.68 bits per heavy atom. The molecular weight excluding hydrogens is 414 g/mol. The van der Waals surface area contributed by atoms with Crippen LogP contribution in [-0.2, 0) is 0 Å². The van der Waals surface area contributed by atoms with E-state index in [9.17, 15) is 14.7 Å². The number of carbonyl (C=O) groups is 2. The molecule has 0 aliphatic carbocycles. The highest BCUT2D eigenvalue weighted by atomic mass is 32.1. The predicted molar refractivity (Wildman–Crippen MR) is 123 cm³/mol. The van der Waals surface area contributed by atoms with Crippen LogP contribution < -0.4 is 15.0 Å². The number of piperazine rings is 1. The summed E-state index contributed by atoms with van der Waals surface area (Å²) in [5, 5.41) is 12.4. The van der Waals surface area contributed by atoms with Gasteiger partial charge in [0.1, 0.15) is 10.6 Å². The van der Waals surface area contributed by atoms with E-state index in [1.807, 2.05) is 54.6 Å². The molecule has 4 rings (SSSR count). The van der Waals surface area contributed by atoms with Crippen LogP contribution in [0.5, 0.6) is 5.75 Å². The minimum atomic E-state index is -1.05. The monoisotopic (exact) mass is 437 g/mol. The third kappa shape index (κ3) is 4.64. The van der Waals surface area contributed by atoms with Crippen LogP contribution in [0.25, 0.3) is 10.4 Å². The number of thiophene rings is 1. The fourth-order valence-electron chi connectivity index (χ4n) is 3.54. The molecule has 2 amide bonds. The first-order valence-electron chi connectivity index (χ1n) is 9.92. The molecule has 2 heterocycles. The van der Waals surface area contributed by atoms with Gasteiger partial charge in [0.25, 0.3) is 0 Å². The largest absolute Gasteiger partial charge is 0.497 e. The average Bonchev–Trinajstić information content (AvgIpc) is 3.24. The van der Waals surface area contributed by atoms with E-state index in [-0.39, 0.29) is 10.9 Å². The molecule has 1 fully saturated rings. The molecule has 7 nitrogen and oxygen atoms in total. The van der Waals surface area contributed by atoms with Gasteiger partial charge < -0.3 is 25.0 Å².